The van der Waals surface area contributed by atoms with Gasteiger partial charge in [0.1, 0.15) is 24.1 Å². The van der Waals surface area contributed by atoms with Crippen molar-refractivity contribution in [2.45, 2.75) is 231 Å². The fraction of sp³-hybridized carbons (Fsp3) is 0.671. The number of esters is 6. The molecule has 0 aliphatic heterocycles. The second kappa shape index (κ2) is 60.9. The first-order valence-electron chi connectivity index (χ1n) is 34.4. The molecule has 2 aromatic carbocycles. The molecule has 2 aromatic rings. The van der Waals surface area contributed by atoms with Gasteiger partial charge in [-0.2, -0.15) is 0 Å². The number of ether oxygens (including phenoxy) is 6. The van der Waals surface area contributed by atoms with Crippen LogP contribution in [-0.2, 0) is 92.7 Å². The van der Waals surface area contributed by atoms with Crippen LogP contribution in [0.1, 0.15) is 232 Å². The van der Waals surface area contributed by atoms with Crippen molar-refractivity contribution in [2.24, 2.45) is 47.3 Å². The van der Waals surface area contributed by atoms with Gasteiger partial charge < -0.3 is 47.6 Å². The molecule has 0 aromatic heterocycles. The van der Waals surface area contributed by atoms with Crippen LogP contribution in [0.25, 0.3) is 0 Å². The molecular formula is C76H133NO19P2. The molecule has 98 heavy (non-hydrogen) atoms. The number of carbonyl (C=O) groups is 9. The van der Waals surface area contributed by atoms with Gasteiger partial charge in [-0.05, 0) is 151 Å². The minimum absolute atomic E-state index is 0.0440. The van der Waals surface area contributed by atoms with Crippen LogP contribution in [0.4, 0.5) is 0 Å². The summed E-state index contributed by atoms with van der Waals surface area (Å²) in [6.07, 6.45) is 7.85. The number of hydrogen-bond acceptors (Lipinski definition) is 19. The highest BCUT2D eigenvalue weighted by Gasteiger charge is 2.19. The molecule has 22 heteroatoms. The first-order valence-corrected chi connectivity index (χ1v) is 39.0. The van der Waals surface area contributed by atoms with Crippen LogP contribution in [0.2, 0.25) is 0 Å². The fourth-order valence-corrected chi connectivity index (χ4v) is 8.91. The average Bonchev–Trinajstić information content (AvgIpc) is 0.889. The van der Waals surface area contributed by atoms with Crippen LogP contribution >= 0.6 is 14.7 Å². The largest absolute Gasteiger partial charge is 0.463 e. The fourth-order valence-electron chi connectivity index (χ4n) is 6.06. The molecule has 0 fully saturated rings. The van der Waals surface area contributed by atoms with E-state index in [1.165, 1.54) is 33.3 Å². The van der Waals surface area contributed by atoms with Crippen LogP contribution in [0, 0.1) is 47.3 Å². The maximum absolute atomic E-state index is 12.1. The number of carbonyl (C=O) groups excluding carboxylic acids is 9. The lowest BCUT2D eigenvalue weighted by molar-refractivity contribution is -0.147. The molecule has 5 atom stereocenters. The molecule has 0 saturated carbocycles. The van der Waals surface area contributed by atoms with E-state index >= 15 is 0 Å². The molecule has 2 rings (SSSR count). The zero-order valence-corrected chi connectivity index (χ0v) is 67.5. The molecule has 0 aliphatic rings. The van der Waals surface area contributed by atoms with E-state index in [-0.39, 0.29) is 59.6 Å². The monoisotopic (exact) mass is 1430 g/mol. The number of ketones is 2. The summed E-state index contributed by atoms with van der Waals surface area (Å²) in [5, 5.41) is 2.71. The molecule has 0 bridgehead atoms. The van der Waals surface area contributed by atoms with Gasteiger partial charge in [-0.1, -0.05) is 148 Å². The van der Waals surface area contributed by atoms with Crippen molar-refractivity contribution in [1.82, 2.24) is 5.32 Å². The maximum atomic E-state index is 12.1. The third-order valence-corrected chi connectivity index (χ3v) is 16.3. The summed E-state index contributed by atoms with van der Waals surface area (Å²) in [5.74, 6) is 1.40. The molecule has 0 heterocycles. The molecule has 0 spiro atoms. The zero-order chi connectivity index (χ0) is 77.5. The Morgan fingerprint density at radius 2 is 0.837 bits per heavy atom. The SMILES string of the molecule is CC(=O)/C=C/C(=O)OCC(C)C.CC(=O)CC(C)C.CC(=O)NCC(C)C.CC(=O)OC(C)C(C)C.CCC(C)C.CCOC(=O)/C=C/C(=O)OC(C)C(C)C.CCOP(C)(=O)CCc1ccc(C(=O)OC(C)C(C)C)cc1.CCOP(C)(=O)Cc1ccc(C(=O)OCC(C)C)cc1. The van der Waals surface area contributed by atoms with Crippen molar-refractivity contribution < 1.29 is 89.7 Å². The Labute approximate surface area is 592 Å². The lowest BCUT2D eigenvalue weighted by Gasteiger charge is -2.16. The van der Waals surface area contributed by atoms with Crippen molar-refractivity contribution >= 4 is 68.0 Å². The van der Waals surface area contributed by atoms with Gasteiger partial charge in [0.05, 0.1) is 44.2 Å². The van der Waals surface area contributed by atoms with E-state index in [9.17, 15) is 52.3 Å². The van der Waals surface area contributed by atoms with Crippen molar-refractivity contribution in [3.63, 3.8) is 0 Å². The maximum Gasteiger partial charge on any atom is 0.338 e. The van der Waals surface area contributed by atoms with Gasteiger partial charge in [-0.25, -0.2) is 24.0 Å². The van der Waals surface area contributed by atoms with Crippen molar-refractivity contribution in [1.29, 1.82) is 0 Å². The van der Waals surface area contributed by atoms with E-state index in [1.807, 2.05) is 123 Å². The van der Waals surface area contributed by atoms with Crippen molar-refractivity contribution in [2.75, 3.05) is 59.1 Å². The summed E-state index contributed by atoms with van der Waals surface area (Å²) in [5.41, 5.74) is 2.98. The normalized spacial score (nSPS) is 12.8. The lowest BCUT2D eigenvalue weighted by Crippen LogP contribution is -2.24. The van der Waals surface area contributed by atoms with E-state index in [1.54, 1.807) is 70.5 Å². The van der Waals surface area contributed by atoms with Crippen LogP contribution in [0.5, 0.6) is 0 Å². The standard InChI is InChI=1S/C17H27O4P.C15H23O4P.C11H18O4.C9H14O3.C7H14O2.C6H13NO.C6H12O.C5H12/c1-6-20-22(5,19)12-11-15-7-9-16(10-8-15)17(18)21-14(4)13(2)3;1-5-19-20(4,17)11-13-6-8-14(9-7-13)15(16)18-10-12(2)3;1-5-14-10(12)6-7-11(13)15-9(4)8(2)3;1-7(2)6-12-9(11)5-4-8(3)10;1-5(2)6(3)9-7(4)8;1-5(2)4-7-6(3)8;1-5(2)4-6(3)7;1-4-5(2)3/h7-10,13-14H,6,11-12H2,1-5H3;6-9,12H,5,10-11H2,1-4H3;6-9H,5H2,1-4H3;4-5,7H,6H2,1-3H3;5-6H,1-4H3;5H,4H2,1-3H3,(H,7,8);5H,4H2,1-3H3;5H,4H2,1-3H3/b;;7-6+;5-4+;;;;. The average molecular weight is 1430 g/mol. The number of benzene rings is 2. The number of hydrogen-bond donors (Lipinski definition) is 1. The smallest absolute Gasteiger partial charge is 0.338 e. The Bertz CT molecular complexity index is 2660. The molecule has 1 amide bonds. The van der Waals surface area contributed by atoms with Gasteiger partial charge in [0.15, 0.2) is 5.78 Å². The highest BCUT2D eigenvalue weighted by Crippen LogP contribution is 2.46. The predicted octanol–water partition coefficient (Wildman–Crippen LogP) is 17.4. The first kappa shape index (κ1) is 103. The Morgan fingerprint density at radius 1 is 0.439 bits per heavy atom. The van der Waals surface area contributed by atoms with Gasteiger partial charge in [-0.15, -0.1) is 0 Å². The van der Waals surface area contributed by atoms with Gasteiger partial charge in [-0.3, -0.25) is 23.5 Å². The number of nitrogens with one attached hydrogen (secondary N) is 1. The van der Waals surface area contributed by atoms with E-state index in [4.69, 9.17) is 32.7 Å². The van der Waals surface area contributed by atoms with Crippen molar-refractivity contribution in [3.8, 4) is 0 Å². The van der Waals surface area contributed by atoms with Crippen molar-refractivity contribution in [3.05, 3.63) is 95.1 Å². The number of allylic oxidation sites excluding steroid dienone is 1. The van der Waals surface area contributed by atoms with E-state index in [2.05, 4.69) is 44.7 Å². The summed E-state index contributed by atoms with van der Waals surface area (Å²) in [6.45, 7) is 57.7. The Hall–Kier alpha value is -6.07. The van der Waals surface area contributed by atoms with E-state index in [0.717, 1.165) is 48.2 Å². The molecule has 20 nitrogen and oxygen atoms in total. The van der Waals surface area contributed by atoms with Crippen LogP contribution in [0.15, 0.2) is 72.8 Å². The third-order valence-electron chi connectivity index (χ3n) is 12.7. The topological polar surface area (TPSA) is 274 Å². The molecule has 0 radical (unpaired) electrons. The summed E-state index contributed by atoms with van der Waals surface area (Å²) >= 11 is 0. The first-order chi connectivity index (χ1) is 45.1. The second-order valence-electron chi connectivity index (χ2n) is 26.7. The molecule has 566 valence electrons. The minimum Gasteiger partial charge on any atom is -0.463 e. The summed E-state index contributed by atoms with van der Waals surface area (Å²) in [6, 6.07) is 14.2. The van der Waals surface area contributed by atoms with Crippen LogP contribution in [0.3, 0.4) is 0 Å². The highest BCUT2D eigenvalue weighted by molar-refractivity contribution is 7.58. The van der Waals surface area contributed by atoms with Crippen LogP contribution < -0.4 is 5.32 Å². The molecule has 5 unspecified atom stereocenters. The van der Waals surface area contributed by atoms with E-state index < -0.39 is 32.6 Å². The number of rotatable bonds is 31. The van der Waals surface area contributed by atoms with Gasteiger partial charge >= 0.3 is 35.8 Å². The zero-order valence-electron chi connectivity index (χ0n) is 65.7. The molecule has 0 saturated heterocycles. The third kappa shape index (κ3) is 72.7. The molecule has 0 aliphatic carbocycles. The molecule has 1 N–H and O–H groups in total. The van der Waals surface area contributed by atoms with Gasteiger partial charge in [0.25, 0.3) is 0 Å². The van der Waals surface area contributed by atoms with E-state index in [0.29, 0.717) is 98.4 Å². The molecular weight excluding hydrogens is 1290 g/mol. The Kier molecular flexibility index (Phi) is 63.9. The quantitative estimate of drug-likeness (QED) is 0.0318. The number of aryl methyl sites for hydroxylation is 1. The predicted molar refractivity (Wildman–Crippen MR) is 397 cm³/mol. The second-order valence-corrected chi connectivity index (χ2v) is 32.0. The summed E-state index contributed by atoms with van der Waals surface area (Å²) < 4.78 is 64.4. The number of amides is 1. The lowest BCUT2D eigenvalue weighted by atomic mass is 10.1. The van der Waals surface area contributed by atoms with Gasteiger partial charge in [0.2, 0.25) is 20.6 Å². The van der Waals surface area contributed by atoms with Gasteiger partial charge in [0, 0.05) is 70.7 Å². The number of Topliss-reactive ketones (excluding diaryl/α,β-unsaturated/α-hetero) is 1. The van der Waals surface area contributed by atoms with Crippen LogP contribution in [-0.4, -0.2) is 131 Å². The Balaban J connectivity index is -0.000000257. The minimum atomic E-state index is -2.60. The summed E-state index contributed by atoms with van der Waals surface area (Å²) in [4.78, 5) is 97.7. The summed E-state index contributed by atoms with van der Waals surface area (Å²) in [7, 11) is -5.11. The highest BCUT2D eigenvalue weighted by atomic mass is 31.2. The Morgan fingerprint density at radius 3 is 1.18 bits per heavy atom.